The molecule has 22 heavy (non-hydrogen) atoms. The second-order valence-corrected chi connectivity index (χ2v) is 5.12. The van der Waals surface area contributed by atoms with E-state index in [1.54, 1.807) is 24.3 Å². The van der Waals surface area contributed by atoms with Gasteiger partial charge >= 0.3 is 12.0 Å². The molecule has 0 unspecified atom stereocenters. The monoisotopic (exact) mass is 306 g/mol. The summed E-state index contributed by atoms with van der Waals surface area (Å²) in [7, 11) is 1.29. The Labute approximate surface area is 130 Å². The maximum atomic E-state index is 12.0. The van der Waals surface area contributed by atoms with Crippen molar-refractivity contribution in [1.82, 2.24) is 5.32 Å². The highest BCUT2D eigenvalue weighted by Gasteiger charge is 2.26. The van der Waals surface area contributed by atoms with Crippen molar-refractivity contribution >= 4 is 23.5 Å². The first kappa shape index (κ1) is 17.7. The molecule has 0 saturated heterocycles. The van der Waals surface area contributed by atoms with Crippen LogP contribution in [0.5, 0.6) is 0 Å². The lowest BCUT2D eigenvalue weighted by Gasteiger charge is -2.22. The van der Waals surface area contributed by atoms with Crippen LogP contribution in [0, 0.1) is 5.92 Å². The summed E-state index contributed by atoms with van der Waals surface area (Å²) in [6, 6.07) is 5.33. The van der Waals surface area contributed by atoms with E-state index in [4.69, 9.17) is 4.74 Å². The van der Waals surface area contributed by atoms with Crippen molar-refractivity contribution < 1.29 is 19.1 Å². The van der Waals surface area contributed by atoms with E-state index in [9.17, 15) is 14.4 Å². The van der Waals surface area contributed by atoms with Crippen LogP contribution in [0.3, 0.4) is 0 Å². The molecule has 0 spiro atoms. The lowest BCUT2D eigenvalue weighted by atomic mass is 9.99. The van der Waals surface area contributed by atoms with Crippen LogP contribution in [0.25, 0.3) is 0 Å². The molecule has 0 radical (unpaired) electrons. The molecule has 0 saturated carbocycles. The van der Waals surface area contributed by atoms with E-state index < -0.39 is 18.0 Å². The fourth-order valence-electron chi connectivity index (χ4n) is 1.89. The van der Waals surface area contributed by atoms with Crippen molar-refractivity contribution in [2.45, 2.75) is 33.2 Å². The summed E-state index contributed by atoms with van der Waals surface area (Å²) in [6.07, 6.45) is 0.730. The van der Waals surface area contributed by atoms with Gasteiger partial charge in [0.15, 0.2) is 5.78 Å². The molecule has 6 heteroatoms. The third-order valence-corrected chi connectivity index (χ3v) is 3.50. The minimum absolute atomic E-state index is 0.0430. The standard InChI is InChI=1S/C16H22N2O4/c1-5-10(2)14(15(20)22-4)18-16(21)17-13-8-6-12(7-9-13)11(3)19/h6-10,14H,5H2,1-4H3,(H2,17,18,21)/t10-,14-/m1/s1. The van der Waals surface area contributed by atoms with Gasteiger partial charge in [-0.15, -0.1) is 0 Å². The zero-order chi connectivity index (χ0) is 16.7. The first-order valence-corrected chi connectivity index (χ1v) is 7.15. The van der Waals surface area contributed by atoms with Crippen molar-refractivity contribution in [2.24, 2.45) is 5.92 Å². The van der Waals surface area contributed by atoms with Crippen LogP contribution in [0.1, 0.15) is 37.6 Å². The molecule has 0 fully saturated rings. The number of carbonyl (C=O) groups excluding carboxylic acids is 3. The van der Waals surface area contributed by atoms with Crippen LogP contribution in [0.2, 0.25) is 0 Å². The fraction of sp³-hybridized carbons (Fsp3) is 0.438. The van der Waals surface area contributed by atoms with Crippen LogP contribution < -0.4 is 10.6 Å². The van der Waals surface area contributed by atoms with Crippen molar-refractivity contribution in [3.8, 4) is 0 Å². The quantitative estimate of drug-likeness (QED) is 0.625. The number of anilines is 1. The molecule has 0 aliphatic rings. The third-order valence-electron chi connectivity index (χ3n) is 3.50. The van der Waals surface area contributed by atoms with Gasteiger partial charge in [-0.3, -0.25) is 4.79 Å². The van der Waals surface area contributed by atoms with E-state index in [0.29, 0.717) is 11.3 Å². The number of methoxy groups -OCH3 is 1. The minimum Gasteiger partial charge on any atom is -0.467 e. The Morgan fingerprint density at radius 1 is 1.18 bits per heavy atom. The number of hydrogen-bond donors (Lipinski definition) is 2. The van der Waals surface area contributed by atoms with Gasteiger partial charge in [-0.1, -0.05) is 20.3 Å². The highest BCUT2D eigenvalue weighted by atomic mass is 16.5. The van der Waals surface area contributed by atoms with E-state index >= 15 is 0 Å². The van der Waals surface area contributed by atoms with Crippen LogP contribution >= 0.6 is 0 Å². The maximum absolute atomic E-state index is 12.0. The minimum atomic E-state index is -0.702. The first-order chi connectivity index (χ1) is 10.4. The molecule has 0 heterocycles. The summed E-state index contributed by atoms with van der Waals surface area (Å²) in [4.78, 5) is 34.9. The molecule has 0 aliphatic heterocycles. The van der Waals surface area contributed by atoms with Crippen LogP contribution in [0.15, 0.2) is 24.3 Å². The molecule has 0 aromatic heterocycles. The molecule has 1 aromatic carbocycles. The van der Waals surface area contributed by atoms with Gasteiger partial charge in [0.05, 0.1) is 7.11 Å². The Kier molecular flexibility index (Phi) is 6.56. The van der Waals surface area contributed by atoms with E-state index in [-0.39, 0.29) is 11.7 Å². The van der Waals surface area contributed by atoms with E-state index in [1.807, 2.05) is 13.8 Å². The largest absolute Gasteiger partial charge is 0.467 e. The number of rotatable bonds is 6. The molecule has 6 nitrogen and oxygen atoms in total. The Hall–Kier alpha value is -2.37. The number of carbonyl (C=O) groups is 3. The van der Waals surface area contributed by atoms with Gasteiger partial charge < -0.3 is 15.4 Å². The van der Waals surface area contributed by atoms with Crippen molar-refractivity contribution in [1.29, 1.82) is 0 Å². The summed E-state index contributed by atoms with van der Waals surface area (Å²) < 4.78 is 4.71. The molecule has 2 amide bonds. The summed E-state index contributed by atoms with van der Waals surface area (Å²) >= 11 is 0. The predicted molar refractivity (Wildman–Crippen MR) is 83.9 cm³/mol. The van der Waals surface area contributed by atoms with E-state index in [0.717, 1.165) is 6.42 Å². The van der Waals surface area contributed by atoms with Crippen molar-refractivity contribution in [3.63, 3.8) is 0 Å². The molecule has 2 N–H and O–H groups in total. The Bertz CT molecular complexity index is 540. The van der Waals surface area contributed by atoms with Crippen LogP contribution in [0.4, 0.5) is 10.5 Å². The number of amides is 2. The summed E-state index contributed by atoms with van der Waals surface area (Å²) in [6.45, 7) is 5.27. The van der Waals surface area contributed by atoms with Gasteiger partial charge in [0, 0.05) is 11.3 Å². The lowest BCUT2D eigenvalue weighted by molar-refractivity contribution is -0.144. The summed E-state index contributed by atoms with van der Waals surface area (Å²) in [5.74, 6) is -0.562. The number of Topliss-reactive ketones (excluding diaryl/α,β-unsaturated/α-hetero) is 1. The van der Waals surface area contributed by atoms with Gasteiger partial charge in [0.1, 0.15) is 6.04 Å². The molecule has 0 bridgehead atoms. The highest BCUT2D eigenvalue weighted by molar-refractivity contribution is 5.96. The number of ketones is 1. The van der Waals surface area contributed by atoms with E-state index in [2.05, 4.69) is 10.6 Å². The molecule has 1 aromatic rings. The van der Waals surface area contributed by atoms with Gasteiger partial charge in [0.25, 0.3) is 0 Å². The maximum Gasteiger partial charge on any atom is 0.328 e. The van der Waals surface area contributed by atoms with Gasteiger partial charge in [-0.2, -0.15) is 0 Å². The number of esters is 1. The fourth-order valence-corrected chi connectivity index (χ4v) is 1.89. The molecule has 0 aliphatic carbocycles. The van der Waals surface area contributed by atoms with Gasteiger partial charge in [0.2, 0.25) is 0 Å². The Balaban J connectivity index is 2.70. The lowest BCUT2D eigenvalue weighted by Crippen LogP contribution is -2.47. The van der Waals surface area contributed by atoms with E-state index in [1.165, 1.54) is 14.0 Å². The summed E-state index contributed by atoms with van der Waals surface area (Å²) in [5, 5.41) is 5.24. The zero-order valence-corrected chi connectivity index (χ0v) is 13.3. The highest BCUT2D eigenvalue weighted by Crippen LogP contribution is 2.12. The molecular formula is C16H22N2O4. The number of benzene rings is 1. The third kappa shape index (κ3) is 4.87. The van der Waals surface area contributed by atoms with Crippen LogP contribution in [-0.2, 0) is 9.53 Å². The first-order valence-electron chi connectivity index (χ1n) is 7.15. The van der Waals surface area contributed by atoms with Crippen molar-refractivity contribution in [2.75, 3.05) is 12.4 Å². The smallest absolute Gasteiger partial charge is 0.328 e. The number of nitrogens with one attached hydrogen (secondary N) is 2. The zero-order valence-electron chi connectivity index (χ0n) is 13.3. The molecule has 1 rings (SSSR count). The van der Waals surface area contributed by atoms with Gasteiger partial charge in [-0.25, -0.2) is 9.59 Å². The average Bonchev–Trinajstić information content (AvgIpc) is 2.51. The predicted octanol–water partition coefficient (Wildman–Crippen LogP) is 2.60. The average molecular weight is 306 g/mol. The number of hydrogen-bond acceptors (Lipinski definition) is 4. The summed E-state index contributed by atoms with van der Waals surface area (Å²) in [5.41, 5.74) is 1.10. The van der Waals surface area contributed by atoms with Crippen molar-refractivity contribution in [3.05, 3.63) is 29.8 Å². The number of urea groups is 1. The topological polar surface area (TPSA) is 84.5 Å². The Morgan fingerprint density at radius 2 is 1.77 bits per heavy atom. The number of ether oxygens (including phenoxy) is 1. The molecule has 120 valence electrons. The van der Waals surface area contributed by atoms with Gasteiger partial charge in [-0.05, 0) is 37.1 Å². The second-order valence-electron chi connectivity index (χ2n) is 5.12. The van der Waals surface area contributed by atoms with Crippen LogP contribution in [-0.4, -0.2) is 30.9 Å². The Morgan fingerprint density at radius 3 is 2.23 bits per heavy atom. The molecular weight excluding hydrogens is 284 g/mol. The normalized spacial score (nSPS) is 12.9. The SMILES string of the molecule is CC[C@@H](C)[C@@H](NC(=O)Nc1ccc(C(C)=O)cc1)C(=O)OC. The second kappa shape index (κ2) is 8.17. The molecule has 2 atom stereocenters.